The SMILES string of the molecule is CCOC(=O)CC1CSCC1(C(=O)OCC)n1cnc2c(Cl)nc(F)nc21. The Kier molecular flexibility index (Phi) is 5.85. The summed E-state index contributed by atoms with van der Waals surface area (Å²) in [4.78, 5) is 36.5. The molecule has 2 aromatic heterocycles. The second-order valence-corrected chi connectivity index (χ2v) is 7.32. The van der Waals surface area contributed by atoms with Crippen molar-refractivity contribution in [3.63, 3.8) is 0 Å². The molecule has 3 rings (SSSR count). The summed E-state index contributed by atoms with van der Waals surface area (Å²) in [6, 6.07) is 0. The lowest BCUT2D eigenvalue weighted by Gasteiger charge is -2.33. The molecule has 2 atom stereocenters. The van der Waals surface area contributed by atoms with Crippen molar-refractivity contribution in [3.8, 4) is 0 Å². The van der Waals surface area contributed by atoms with Crippen LogP contribution in [0.5, 0.6) is 0 Å². The van der Waals surface area contributed by atoms with Gasteiger partial charge in [-0.1, -0.05) is 11.6 Å². The number of hydrogen-bond acceptors (Lipinski definition) is 8. The van der Waals surface area contributed by atoms with Crippen molar-refractivity contribution in [2.45, 2.75) is 25.8 Å². The Bertz CT molecular complexity index is 879. The number of rotatable bonds is 6. The molecule has 27 heavy (non-hydrogen) atoms. The van der Waals surface area contributed by atoms with E-state index in [1.807, 2.05) is 0 Å². The number of imidazole rings is 1. The first-order chi connectivity index (χ1) is 12.9. The van der Waals surface area contributed by atoms with Crippen molar-refractivity contribution in [2.75, 3.05) is 24.7 Å². The third kappa shape index (κ3) is 3.47. The molecule has 146 valence electrons. The van der Waals surface area contributed by atoms with Gasteiger partial charge < -0.3 is 9.47 Å². The molecule has 3 heterocycles. The van der Waals surface area contributed by atoms with Crippen molar-refractivity contribution in [2.24, 2.45) is 5.92 Å². The number of thioether (sulfide) groups is 1. The fourth-order valence-electron chi connectivity index (χ4n) is 3.24. The standard InChI is InChI=1S/C16H18ClFN4O4S/c1-3-25-10(23)5-9-6-27-7-16(9,14(24)26-4-2)22-8-19-11-12(17)20-15(18)21-13(11)22/h8-9H,3-7H2,1-2H3. The summed E-state index contributed by atoms with van der Waals surface area (Å²) in [7, 11) is 0. The van der Waals surface area contributed by atoms with Crippen LogP contribution in [0.2, 0.25) is 5.15 Å². The number of ether oxygens (including phenoxy) is 2. The molecule has 1 saturated heterocycles. The molecule has 0 radical (unpaired) electrons. The number of aromatic nitrogens is 4. The Hall–Kier alpha value is -1.94. The van der Waals surface area contributed by atoms with E-state index in [-0.39, 0.29) is 36.0 Å². The summed E-state index contributed by atoms with van der Waals surface area (Å²) in [5.74, 6) is -0.529. The molecule has 2 unspecified atom stereocenters. The predicted octanol–water partition coefficient (Wildman–Crippen LogP) is 2.19. The summed E-state index contributed by atoms with van der Waals surface area (Å²) in [5, 5.41) is -0.150. The number of carbonyl (C=O) groups excluding carboxylic acids is 2. The fraction of sp³-hybridized carbons (Fsp3) is 0.562. The maximum absolute atomic E-state index is 13.8. The quantitative estimate of drug-likeness (QED) is 0.401. The third-order valence-electron chi connectivity index (χ3n) is 4.42. The number of esters is 2. The largest absolute Gasteiger partial charge is 0.466 e. The van der Waals surface area contributed by atoms with E-state index in [2.05, 4.69) is 15.0 Å². The van der Waals surface area contributed by atoms with E-state index in [9.17, 15) is 14.0 Å². The van der Waals surface area contributed by atoms with E-state index < -0.39 is 29.5 Å². The lowest BCUT2D eigenvalue weighted by molar-refractivity contribution is -0.156. The lowest BCUT2D eigenvalue weighted by Crippen LogP contribution is -2.49. The molecule has 0 spiro atoms. The highest BCUT2D eigenvalue weighted by Gasteiger charge is 2.54. The first-order valence-corrected chi connectivity index (χ1v) is 9.94. The minimum Gasteiger partial charge on any atom is -0.466 e. The van der Waals surface area contributed by atoms with Crippen molar-refractivity contribution < 1.29 is 23.5 Å². The summed E-state index contributed by atoms with van der Waals surface area (Å²) in [6.45, 7) is 3.81. The summed E-state index contributed by atoms with van der Waals surface area (Å²) >= 11 is 7.46. The van der Waals surface area contributed by atoms with Crippen LogP contribution in [-0.2, 0) is 24.6 Å². The molecule has 1 fully saturated rings. The van der Waals surface area contributed by atoms with Crippen LogP contribution in [-0.4, -0.2) is 56.2 Å². The first-order valence-electron chi connectivity index (χ1n) is 8.41. The molecule has 1 aliphatic rings. The maximum atomic E-state index is 13.8. The van der Waals surface area contributed by atoms with Gasteiger partial charge in [-0.05, 0) is 19.6 Å². The van der Waals surface area contributed by atoms with Gasteiger partial charge in [0, 0.05) is 11.7 Å². The van der Waals surface area contributed by atoms with E-state index in [1.165, 1.54) is 22.7 Å². The van der Waals surface area contributed by atoms with Gasteiger partial charge in [-0.25, -0.2) is 9.78 Å². The maximum Gasteiger partial charge on any atom is 0.333 e. The Morgan fingerprint density at radius 3 is 2.81 bits per heavy atom. The van der Waals surface area contributed by atoms with E-state index in [0.717, 1.165) is 0 Å². The molecule has 0 aromatic carbocycles. The zero-order chi connectivity index (χ0) is 19.6. The van der Waals surface area contributed by atoms with Crippen molar-refractivity contribution in [1.29, 1.82) is 0 Å². The molecule has 0 aliphatic carbocycles. The van der Waals surface area contributed by atoms with Gasteiger partial charge >= 0.3 is 18.0 Å². The highest BCUT2D eigenvalue weighted by molar-refractivity contribution is 7.99. The number of carbonyl (C=O) groups is 2. The third-order valence-corrected chi connectivity index (χ3v) is 5.97. The van der Waals surface area contributed by atoms with Crippen LogP contribution in [0.4, 0.5) is 4.39 Å². The Morgan fingerprint density at radius 1 is 1.37 bits per heavy atom. The molecule has 8 nitrogen and oxygen atoms in total. The second kappa shape index (κ2) is 7.97. The molecule has 0 amide bonds. The van der Waals surface area contributed by atoms with Gasteiger partial charge in [0.15, 0.2) is 16.3 Å². The summed E-state index contributed by atoms with van der Waals surface area (Å²) in [6.07, 6.45) is 0.354. The molecule has 2 aromatic rings. The molecule has 0 saturated carbocycles. The normalized spacial score (nSPS) is 22.1. The van der Waals surface area contributed by atoms with Crippen LogP contribution in [0.1, 0.15) is 20.3 Å². The average molecular weight is 417 g/mol. The molecule has 1 aliphatic heterocycles. The zero-order valence-corrected chi connectivity index (χ0v) is 16.3. The molecule has 0 N–H and O–H groups in total. The van der Waals surface area contributed by atoms with Gasteiger partial charge in [0.25, 0.3) is 0 Å². The highest BCUT2D eigenvalue weighted by Crippen LogP contribution is 2.44. The zero-order valence-electron chi connectivity index (χ0n) is 14.8. The topological polar surface area (TPSA) is 96.2 Å². The summed E-state index contributed by atoms with van der Waals surface area (Å²) < 4.78 is 25.6. The minimum absolute atomic E-state index is 0.0145. The Labute approximate surface area is 163 Å². The van der Waals surface area contributed by atoms with Gasteiger partial charge in [0.1, 0.15) is 5.52 Å². The number of halogens is 2. The Morgan fingerprint density at radius 2 is 2.11 bits per heavy atom. The predicted molar refractivity (Wildman–Crippen MR) is 97.0 cm³/mol. The van der Waals surface area contributed by atoms with Gasteiger partial charge in [-0.3, -0.25) is 9.36 Å². The molecular formula is C16H18ClFN4O4S. The van der Waals surface area contributed by atoms with Crippen molar-refractivity contribution in [1.82, 2.24) is 19.5 Å². The summed E-state index contributed by atoms with van der Waals surface area (Å²) in [5.41, 5.74) is -1.02. The number of hydrogen-bond donors (Lipinski definition) is 0. The van der Waals surface area contributed by atoms with E-state index >= 15 is 0 Å². The van der Waals surface area contributed by atoms with E-state index in [4.69, 9.17) is 21.1 Å². The smallest absolute Gasteiger partial charge is 0.333 e. The highest BCUT2D eigenvalue weighted by atomic mass is 35.5. The van der Waals surface area contributed by atoms with Crippen LogP contribution in [0.25, 0.3) is 11.2 Å². The van der Waals surface area contributed by atoms with Crippen LogP contribution >= 0.6 is 23.4 Å². The van der Waals surface area contributed by atoms with Crippen molar-refractivity contribution >= 4 is 46.5 Å². The first kappa shape index (κ1) is 19.8. The average Bonchev–Trinajstić information content (AvgIpc) is 3.20. The van der Waals surface area contributed by atoms with Crippen LogP contribution in [0.15, 0.2) is 6.33 Å². The Balaban J connectivity index is 2.14. The van der Waals surface area contributed by atoms with Crippen LogP contribution in [0, 0.1) is 12.0 Å². The monoisotopic (exact) mass is 416 g/mol. The van der Waals surface area contributed by atoms with E-state index in [0.29, 0.717) is 11.5 Å². The minimum atomic E-state index is -1.27. The van der Waals surface area contributed by atoms with Crippen LogP contribution in [0.3, 0.4) is 0 Å². The van der Waals surface area contributed by atoms with Gasteiger partial charge in [0.05, 0.1) is 26.0 Å². The number of nitrogens with zero attached hydrogens (tertiary/aromatic N) is 4. The lowest BCUT2D eigenvalue weighted by atomic mass is 9.84. The number of fused-ring (bicyclic) bond motifs is 1. The van der Waals surface area contributed by atoms with Gasteiger partial charge in [-0.2, -0.15) is 26.1 Å². The van der Waals surface area contributed by atoms with E-state index in [1.54, 1.807) is 13.8 Å². The molecule has 0 bridgehead atoms. The van der Waals surface area contributed by atoms with Gasteiger partial charge in [-0.15, -0.1) is 0 Å². The fourth-order valence-corrected chi connectivity index (χ4v) is 5.04. The van der Waals surface area contributed by atoms with Gasteiger partial charge in [0.2, 0.25) is 0 Å². The molecular weight excluding hydrogens is 399 g/mol. The van der Waals surface area contributed by atoms with Crippen molar-refractivity contribution in [3.05, 3.63) is 17.6 Å². The van der Waals surface area contributed by atoms with Crippen LogP contribution < -0.4 is 0 Å². The molecule has 11 heteroatoms. The second-order valence-electron chi connectivity index (χ2n) is 5.94.